The van der Waals surface area contributed by atoms with Crippen molar-refractivity contribution in [1.29, 1.82) is 0 Å². The van der Waals surface area contributed by atoms with E-state index >= 15 is 0 Å². The average molecular weight is 241 g/mol. The molecule has 0 aromatic rings. The first-order valence-corrected chi connectivity index (χ1v) is 6.81. The Labute approximate surface area is 107 Å². The van der Waals surface area contributed by atoms with Crippen LogP contribution in [0.15, 0.2) is 4.99 Å². The molecular formula is C14H31N3. The van der Waals surface area contributed by atoms with E-state index in [2.05, 4.69) is 64.1 Å². The van der Waals surface area contributed by atoms with Crippen LogP contribution in [0.4, 0.5) is 0 Å². The van der Waals surface area contributed by atoms with Gasteiger partial charge in [-0.1, -0.05) is 34.6 Å². The summed E-state index contributed by atoms with van der Waals surface area (Å²) in [7, 11) is 0. The SMILES string of the molecule is CCNC(=NCCC(C)(C)C)NC(C)C(C)C. The van der Waals surface area contributed by atoms with Gasteiger partial charge in [0.2, 0.25) is 0 Å². The molecule has 0 aliphatic carbocycles. The number of guanidine groups is 1. The first-order valence-electron chi connectivity index (χ1n) is 6.81. The first kappa shape index (κ1) is 16.3. The first-order chi connectivity index (χ1) is 7.76. The van der Waals surface area contributed by atoms with Gasteiger partial charge >= 0.3 is 0 Å². The van der Waals surface area contributed by atoms with Gasteiger partial charge in [-0.05, 0) is 31.6 Å². The van der Waals surface area contributed by atoms with Crippen LogP contribution in [-0.2, 0) is 0 Å². The summed E-state index contributed by atoms with van der Waals surface area (Å²) in [6.07, 6.45) is 1.11. The van der Waals surface area contributed by atoms with Crippen LogP contribution in [0.3, 0.4) is 0 Å². The monoisotopic (exact) mass is 241 g/mol. The van der Waals surface area contributed by atoms with Gasteiger partial charge in [0.25, 0.3) is 0 Å². The van der Waals surface area contributed by atoms with Crippen molar-refractivity contribution in [1.82, 2.24) is 10.6 Å². The van der Waals surface area contributed by atoms with Gasteiger partial charge in [-0.2, -0.15) is 0 Å². The Kier molecular flexibility index (Phi) is 7.24. The molecule has 102 valence electrons. The Morgan fingerprint density at radius 2 is 1.76 bits per heavy atom. The third kappa shape index (κ3) is 9.02. The van der Waals surface area contributed by atoms with E-state index in [-0.39, 0.29) is 0 Å². The van der Waals surface area contributed by atoms with E-state index in [0.29, 0.717) is 17.4 Å². The van der Waals surface area contributed by atoms with Gasteiger partial charge in [-0.15, -0.1) is 0 Å². The number of aliphatic imine (C=N–C) groups is 1. The second kappa shape index (κ2) is 7.57. The molecule has 0 radical (unpaired) electrons. The molecule has 3 heteroatoms. The topological polar surface area (TPSA) is 36.4 Å². The van der Waals surface area contributed by atoms with E-state index in [9.17, 15) is 0 Å². The standard InChI is InChI=1S/C14H31N3/c1-8-15-13(17-12(4)11(2)3)16-10-9-14(5,6)7/h11-12H,8-10H2,1-7H3,(H2,15,16,17). The molecule has 17 heavy (non-hydrogen) atoms. The number of rotatable bonds is 5. The summed E-state index contributed by atoms with van der Waals surface area (Å²) < 4.78 is 0. The normalized spacial score (nSPS) is 14.9. The number of hydrogen-bond acceptors (Lipinski definition) is 1. The van der Waals surface area contributed by atoms with Crippen molar-refractivity contribution in [2.24, 2.45) is 16.3 Å². The minimum absolute atomic E-state index is 0.352. The van der Waals surface area contributed by atoms with Crippen molar-refractivity contribution in [3.63, 3.8) is 0 Å². The average Bonchev–Trinajstić information content (AvgIpc) is 2.15. The maximum Gasteiger partial charge on any atom is 0.191 e. The van der Waals surface area contributed by atoms with Crippen molar-refractivity contribution in [3.05, 3.63) is 0 Å². The summed E-state index contributed by atoms with van der Waals surface area (Å²) in [5.74, 6) is 1.56. The van der Waals surface area contributed by atoms with Crippen LogP contribution < -0.4 is 10.6 Å². The zero-order valence-corrected chi connectivity index (χ0v) is 12.7. The quantitative estimate of drug-likeness (QED) is 0.573. The van der Waals surface area contributed by atoms with Crippen LogP contribution >= 0.6 is 0 Å². The van der Waals surface area contributed by atoms with E-state index in [0.717, 1.165) is 25.5 Å². The Bertz CT molecular complexity index is 226. The summed E-state index contributed by atoms with van der Waals surface area (Å²) >= 11 is 0. The van der Waals surface area contributed by atoms with Crippen LogP contribution in [0, 0.1) is 11.3 Å². The van der Waals surface area contributed by atoms with Crippen LogP contribution in [0.2, 0.25) is 0 Å². The van der Waals surface area contributed by atoms with E-state index < -0.39 is 0 Å². The van der Waals surface area contributed by atoms with Gasteiger partial charge in [0.05, 0.1) is 0 Å². The molecule has 0 saturated heterocycles. The number of nitrogens with zero attached hydrogens (tertiary/aromatic N) is 1. The second-order valence-electron chi connectivity index (χ2n) is 6.25. The maximum absolute atomic E-state index is 4.62. The van der Waals surface area contributed by atoms with Gasteiger partial charge in [-0.3, -0.25) is 4.99 Å². The second-order valence-corrected chi connectivity index (χ2v) is 6.25. The molecule has 0 fully saturated rings. The van der Waals surface area contributed by atoms with Gasteiger partial charge in [-0.25, -0.2) is 0 Å². The highest BCUT2D eigenvalue weighted by Gasteiger charge is 2.11. The fourth-order valence-corrected chi connectivity index (χ4v) is 1.21. The predicted octanol–water partition coefficient (Wildman–Crippen LogP) is 3.02. The fourth-order valence-electron chi connectivity index (χ4n) is 1.21. The minimum Gasteiger partial charge on any atom is -0.357 e. The summed E-state index contributed by atoms with van der Waals surface area (Å²) in [5.41, 5.74) is 0.352. The third-order valence-corrected chi connectivity index (χ3v) is 2.84. The van der Waals surface area contributed by atoms with E-state index in [1.54, 1.807) is 0 Å². The van der Waals surface area contributed by atoms with Gasteiger partial charge in [0, 0.05) is 19.1 Å². The van der Waals surface area contributed by atoms with Crippen molar-refractivity contribution in [3.8, 4) is 0 Å². The fraction of sp³-hybridized carbons (Fsp3) is 0.929. The van der Waals surface area contributed by atoms with Crippen molar-refractivity contribution >= 4 is 5.96 Å². The Hall–Kier alpha value is -0.730. The van der Waals surface area contributed by atoms with Crippen LogP contribution in [0.5, 0.6) is 0 Å². The molecule has 0 aromatic heterocycles. The van der Waals surface area contributed by atoms with Crippen LogP contribution in [0.25, 0.3) is 0 Å². The van der Waals surface area contributed by atoms with Crippen molar-refractivity contribution in [2.75, 3.05) is 13.1 Å². The molecule has 0 aliphatic heterocycles. The molecule has 0 spiro atoms. The molecule has 0 aliphatic rings. The number of nitrogens with one attached hydrogen (secondary N) is 2. The van der Waals surface area contributed by atoms with Crippen LogP contribution in [0.1, 0.15) is 54.9 Å². The number of hydrogen-bond donors (Lipinski definition) is 2. The Balaban J connectivity index is 4.26. The highest BCUT2D eigenvalue weighted by atomic mass is 15.2. The molecule has 2 N–H and O–H groups in total. The highest BCUT2D eigenvalue weighted by Crippen LogP contribution is 2.17. The summed E-state index contributed by atoms with van der Waals surface area (Å²) in [5, 5.41) is 6.74. The molecule has 3 nitrogen and oxygen atoms in total. The van der Waals surface area contributed by atoms with E-state index in [1.807, 2.05) is 0 Å². The lowest BCUT2D eigenvalue weighted by atomic mass is 9.92. The Morgan fingerprint density at radius 3 is 2.18 bits per heavy atom. The largest absolute Gasteiger partial charge is 0.357 e. The van der Waals surface area contributed by atoms with Crippen molar-refractivity contribution < 1.29 is 0 Å². The Morgan fingerprint density at radius 1 is 1.18 bits per heavy atom. The van der Waals surface area contributed by atoms with Gasteiger partial charge in [0.1, 0.15) is 0 Å². The smallest absolute Gasteiger partial charge is 0.191 e. The van der Waals surface area contributed by atoms with Gasteiger partial charge in [0.15, 0.2) is 5.96 Å². The predicted molar refractivity (Wildman–Crippen MR) is 77.5 cm³/mol. The summed E-state index contributed by atoms with van der Waals surface area (Å²) in [4.78, 5) is 4.62. The molecule has 1 unspecified atom stereocenters. The summed E-state index contributed by atoms with van der Waals surface area (Å²) in [6, 6.07) is 0.447. The zero-order valence-electron chi connectivity index (χ0n) is 12.7. The molecule has 0 amide bonds. The molecule has 0 heterocycles. The highest BCUT2D eigenvalue weighted by molar-refractivity contribution is 5.80. The minimum atomic E-state index is 0.352. The lowest BCUT2D eigenvalue weighted by Crippen LogP contribution is -2.44. The molecule has 0 saturated carbocycles. The lowest BCUT2D eigenvalue weighted by molar-refractivity contribution is 0.384. The maximum atomic E-state index is 4.62. The molecule has 0 rings (SSSR count). The molecule has 0 aromatic carbocycles. The van der Waals surface area contributed by atoms with Gasteiger partial charge < -0.3 is 10.6 Å². The van der Waals surface area contributed by atoms with E-state index in [4.69, 9.17) is 0 Å². The molecular weight excluding hydrogens is 210 g/mol. The third-order valence-electron chi connectivity index (χ3n) is 2.84. The zero-order chi connectivity index (χ0) is 13.5. The van der Waals surface area contributed by atoms with Crippen LogP contribution in [-0.4, -0.2) is 25.1 Å². The molecule has 1 atom stereocenters. The lowest BCUT2D eigenvalue weighted by Gasteiger charge is -2.21. The molecule has 0 bridgehead atoms. The summed E-state index contributed by atoms with van der Waals surface area (Å²) in [6.45, 7) is 17.3. The van der Waals surface area contributed by atoms with Crippen molar-refractivity contribution in [2.45, 2.75) is 60.9 Å². The van der Waals surface area contributed by atoms with E-state index in [1.165, 1.54) is 0 Å².